The van der Waals surface area contributed by atoms with E-state index in [0.717, 1.165) is 18.7 Å². The minimum Gasteiger partial charge on any atom is -0.372 e. The summed E-state index contributed by atoms with van der Waals surface area (Å²) in [5.74, 6) is -0.0566. The molecule has 0 aromatic heterocycles. The predicted octanol–water partition coefficient (Wildman–Crippen LogP) is 1.66. The van der Waals surface area contributed by atoms with Gasteiger partial charge in [0.1, 0.15) is 5.70 Å². The first-order valence-electron chi connectivity index (χ1n) is 6.75. The summed E-state index contributed by atoms with van der Waals surface area (Å²) in [6, 6.07) is 8.11. The van der Waals surface area contributed by atoms with Crippen molar-refractivity contribution in [3.05, 3.63) is 35.5 Å². The van der Waals surface area contributed by atoms with E-state index in [2.05, 4.69) is 35.9 Å². The fraction of sp³-hybridized carbons (Fsp3) is 0.333. The van der Waals surface area contributed by atoms with Gasteiger partial charge in [-0.1, -0.05) is 12.1 Å². The molecule has 1 aliphatic rings. The molecule has 2 rings (SSSR count). The average Bonchev–Trinajstić information content (AvgIpc) is 2.68. The first kappa shape index (κ1) is 14.1. The van der Waals surface area contributed by atoms with Crippen molar-refractivity contribution in [1.29, 1.82) is 0 Å². The molecule has 106 valence electrons. The van der Waals surface area contributed by atoms with Gasteiger partial charge in [0.15, 0.2) is 0 Å². The summed E-state index contributed by atoms with van der Waals surface area (Å²) in [6.07, 6.45) is 1.80. The second-order valence-electron chi connectivity index (χ2n) is 4.63. The van der Waals surface area contributed by atoms with Crippen LogP contribution in [0.2, 0.25) is 0 Å². The number of anilines is 1. The number of aliphatic imine (C=N–C) groups is 1. The van der Waals surface area contributed by atoms with E-state index in [-0.39, 0.29) is 11.9 Å². The highest BCUT2D eigenvalue weighted by molar-refractivity contribution is 6.11. The van der Waals surface area contributed by atoms with Crippen LogP contribution < -0.4 is 10.6 Å². The Labute approximate surface area is 119 Å². The molecule has 1 aromatic rings. The molecule has 2 N–H and O–H groups in total. The van der Waals surface area contributed by atoms with E-state index in [0.29, 0.717) is 5.70 Å². The molecule has 0 unspecified atom stereocenters. The van der Waals surface area contributed by atoms with E-state index in [4.69, 9.17) is 5.73 Å². The topological polar surface area (TPSA) is 61.9 Å². The van der Waals surface area contributed by atoms with Crippen molar-refractivity contribution >= 4 is 23.6 Å². The standard InChI is InChI=1S/C15H20N4O/c1-4-19(5-2)12-8-6-11(7-9-12)10-13-14(20)17-15(16)18(13)3/h6-10H,4-5H2,1-3H3,(H2,16,17,20)/b13-10-. The molecule has 0 bridgehead atoms. The van der Waals surface area contributed by atoms with Gasteiger partial charge in [0.25, 0.3) is 5.91 Å². The molecule has 1 heterocycles. The summed E-state index contributed by atoms with van der Waals surface area (Å²) in [5.41, 5.74) is 8.26. The minimum absolute atomic E-state index is 0.237. The zero-order valence-electron chi connectivity index (χ0n) is 12.1. The van der Waals surface area contributed by atoms with Gasteiger partial charge in [0.2, 0.25) is 5.96 Å². The van der Waals surface area contributed by atoms with Crippen LogP contribution in [0.4, 0.5) is 5.69 Å². The molecule has 20 heavy (non-hydrogen) atoms. The van der Waals surface area contributed by atoms with Gasteiger partial charge in [-0.05, 0) is 37.6 Å². The molecule has 1 aliphatic heterocycles. The molecule has 5 heteroatoms. The van der Waals surface area contributed by atoms with Crippen molar-refractivity contribution in [2.45, 2.75) is 13.8 Å². The Morgan fingerprint density at radius 3 is 2.30 bits per heavy atom. The molecule has 5 nitrogen and oxygen atoms in total. The van der Waals surface area contributed by atoms with Crippen LogP contribution in [-0.4, -0.2) is 36.9 Å². The fourth-order valence-corrected chi connectivity index (χ4v) is 2.19. The lowest BCUT2D eigenvalue weighted by Gasteiger charge is -2.21. The monoisotopic (exact) mass is 272 g/mol. The number of hydrogen-bond acceptors (Lipinski definition) is 4. The van der Waals surface area contributed by atoms with E-state index in [1.54, 1.807) is 18.0 Å². The molecular weight excluding hydrogens is 252 g/mol. The summed E-state index contributed by atoms with van der Waals surface area (Å²) >= 11 is 0. The SMILES string of the molecule is CCN(CC)c1ccc(/C=C2/C(=O)N=C(N)N2C)cc1. The van der Waals surface area contributed by atoms with Crippen molar-refractivity contribution in [1.82, 2.24) is 4.90 Å². The molecular formula is C15H20N4O. The van der Waals surface area contributed by atoms with Gasteiger partial charge in [0.05, 0.1) is 0 Å². The number of nitrogens with two attached hydrogens (primary N) is 1. The van der Waals surface area contributed by atoms with Crippen molar-refractivity contribution in [3.63, 3.8) is 0 Å². The highest BCUT2D eigenvalue weighted by Gasteiger charge is 2.23. The lowest BCUT2D eigenvalue weighted by atomic mass is 10.1. The second-order valence-corrected chi connectivity index (χ2v) is 4.63. The quantitative estimate of drug-likeness (QED) is 0.847. The van der Waals surface area contributed by atoms with Crippen LogP contribution in [0, 0.1) is 0 Å². The normalized spacial score (nSPS) is 16.8. The molecule has 0 atom stereocenters. The van der Waals surface area contributed by atoms with Gasteiger partial charge in [-0.2, -0.15) is 4.99 Å². The third kappa shape index (κ3) is 2.66. The van der Waals surface area contributed by atoms with Crippen molar-refractivity contribution < 1.29 is 4.79 Å². The molecule has 0 aliphatic carbocycles. The number of carbonyl (C=O) groups excluding carboxylic acids is 1. The van der Waals surface area contributed by atoms with E-state index < -0.39 is 0 Å². The summed E-state index contributed by atoms with van der Waals surface area (Å²) in [7, 11) is 1.74. The lowest BCUT2D eigenvalue weighted by Crippen LogP contribution is -2.28. The van der Waals surface area contributed by atoms with E-state index in [1.807, 2.05) is 12.1 Å². The first-order chi connectivity index (χ1) is 9.56. The molecule has 0 spiro atoms. The Bertz CT molecular complexity index is 556. The van der Waals surface area contributed by atoms with Crippen LogP contribution in [0.15, 0.2) is 35.0 Å². The minimum atomic E-state index is -0.294. The Hall–Kier alpha value is -2.30. The maximum atomic E-state index is 11.7. The summed E-state index contributed by atoms with van der Waals surface area (Å²) in [6.45, 7) is 6.21. The summed E-state index contributed by atoms with van der Waals surface area (Å²) in [4.78, 5) is 19.3. The second kappa shape index (κ2) is 5.77. The third-order valence-corrected chi connectivity index (χ3v) is 3.47. The van der Waals surface area contributed by atoms with Crippen LogP contribution in [-0.2, 0) is 4.79 Å². The van der Waals surface area contributed by atoms with Gasteiger partial charge in [-0.25, -0.2) is 0 Å². The van der Waals surface area contributed by atoms with Crippen LogP contribution in [0.25, 0.3) is 6.08 Å². The third-order valence-electron chi connectivity index (χ3n) is 3.47. The number of nitrogens with zero attached hydrogens (tertiary/aromatic N) is 3. The molecule has 0 radical (unpaired) electrons. The number of likely N-dealkylation sites (N-methyl/N-ethyl adjacent to an activating group) is 1. The number of amides is 1. The Morgan fingerprint density at radius 1 is 1.25 bits per heavy atom. The Balaban J connectivity index is 2.22. The number of guanidine groups is 1. The van der Waals surface area contributed by atoms with Crippen LogP contribution in [0.5, 0.6) is 0 Å². The number of benzene rings is 1. The highest BCUT2D eigenvalue weighted by Crippen LogP contribution is 2.19. The van der Waals surface area contributed by atoms with Crippen molar-refractivity contribution in [2.24, 2.45) is 10.7 Å². The van der Waals surface area contributed by atoms with Crippen LogP contribution >= 0.6 is 0 Å². The average molecular weight is 272 g/mol. The zero-order chi connectivity index (χ0) is 14.7. The van der Waals surface area contributed by atoms with E-state index in [1.165, 1.54) is 5.69 Å². The maximum Gasteiger partial charge on any atom is 0.296 e. The molecule has 1 aromatic carbocycles. The largest absolute Gasteiger partial charge is 0.372 e. The van der Waals surface area contributed by atoms with Crippen molar-refractivity contribution in [3.8, 4) is 0 Å². The van der Waals surface area contributed by atoms with Gasteiger partial charge in [0, 0.05) is 25.8 Å². The van der Waals surface area contributed by atoms with E-state index in [9.17, 15) is 4.79 Å². The first-order valence-corrected chi connectivity index (χ1v) is 6.75. The van der Waals surface area contributed by atoms with E-state index >= 15 is 0 Å². The van der Waals surface area contributed by atoms with Gasteiger partial charge >= 0.3 is 0 Å². The maximum absolute atomic E-state index is 11.7. The zero-order valence-corrected chi connectivity index (χ0v) is 12.1. The van der Waals surface area contributed by atoms with Gasteiger partial charge in [-0.15, -0.1) is 0 Å². The predicted molar refractivity (Wildman–Crippen MR) is 82.4 cm³/mol. The van der Waals surface area contributed by atoms with Crippen LogP contribution in [0.3, 0.4) is 0 Å². The molecule has 0 saturated carbocycles. The van der Waals surface area contributed by atoms with Crippen LogP contribution in [0.1, 0.15) is 19.4 Å². The molecule has 0 fully saturated rings. The number of carbonyl (C=O) groups is 1. The molecule has 1 amide bonds. The van der Waals surface area contributed by atoms with Gasteiger partial charge in [-0.3, -0.25) is 4.79 Å². The smallest absolute Gasteiger partial charge is 0.296 e. The summed E-state index contributed by atoms with van der Waals surface area (Å²) < 4.78 is 0. The Morgan fingerprint density at radius 2 is 1.85 bits per heavy atom. The Kier molecular flexibility index (Phi) is 4.08. The van der Waals surface area contributed by atoms with Gasteiger partial charge < -0.3 is 15.5 Å². The summed E-state index contributed by atoms with van der Waals surface area (Å²) in [5, 5.41) is 0. The lowest BCUT2D eigenvalue weighted by molar-refractivity contribution is -0.114. The fourth-order valence-electron chi connectivity index (χ4n) is 2.19. The van der Waals surface area contributed by atoms with Crippen molar-refractivity contribution in [2.75, 3.05) is 25.0 Å². The number of rotatable bonds is 4. The molecule has 0 saturated heterocycles. The highest BCUT2D eigenvalue weighted by atomic mass is 16.2. The number of hydrogen-bond donors (Lipinski definition) is 1.